The summed E-state index contributed by atoms with van der Waals surface area (Å²) in [4.78, 5) is 29.9. The topological polar surface area (TPSA) is 52.7 Å². The van der Waals surface area contributed by atoms with E-state index in [9.17, 15) is 9.59 Å². The summed E-state index contributed by atoms with van der Waals surface area (Å²) in [5.41, 5.74) is 1.21. The Morgan fingerprint density at radius 3 is 2.31 bits per heavy atom. The molecule has 1 aromatic rings. The standard InChI is InChI=1S/C24H37N3O2/c1-19(2)18-25-24(29)23(21-10-6-7-11-21)27-16-14-26(15-17-27)22(28)13-12-20-8-4-3-5-9-20/h3-5,8-9,19,21,23H,6-7,10-18H2,1-2H3,(H,25,29). The Labute approximate surface area is 175 Å². The first-order valence-electron chi connectivity index (χ1n) is 11.4. The molecule has 0 radical (unpaired) electrons. The van der Waals surface area contributed by atoms with Gasteiger partial charge in [-0.15, -0.1) is 0 Å². The average molecular weight is 400 g/mol. The predicted molar refractivity (Wildman–Crippen MR) is 117 cm³/mol. The van der Waals surface area contributed by atoms with E-state index in [-0.39, 0.29) is 17.9 Å². The molecule has 1 atom stereocenters. The summed E-state index contributed by atoms with van der Waals surface area (Å²) in [6, 6.07) is 10.2. The maximum absolute atomic E-state index is 13.0. The van der Waals surface area contributed by atoms with E-state index in [4.69, 9.17) is 0 Å². The van der Waals surface area contributed by atoms with Gasteiger partial charge < -0.3 is 10.2 Å². The van der Waals surface area contributed by atoms with Crippen LogP contribution in [0.3, 0.4) is 0 Å². The molecular weight excluding hydrogens is 362 g/mol. The monoisotopic (exact) mass is 399 g/mol. The average Bonchev–Trinajstić information content (AvgIpc) is 3.26. The highest BCUT2D eigenvalue weighted by Crippen LogP contribution is 2.31. The van der Waals surface area contributed by atoms with Gasteiger partial charge in [0.05, 0.1) is 6.04 Å². The lowest BCUT2D eigenvalue weighted by molar-refractivity contribution is -0.135. The van der Waals surface area contributed by atoms with E-state index in [1.54, 1.807) is 0 Å². The third-order valence-corrected chi connectivity index (χ3v) is 6.33. The first-order chi connectivity index (χ1) is 14.0. The molecule has 0 aromatic heterocycles. The van der Waals surface area contributed by atoms with Crippen molar-refractivity contribution < 1.29 is 9.59 Å². The van der Waals surface area contributed by atoms with Crippen LogP contribution in [-0.2, 0) is 16.0 Å². The number of amides is 2. The molecule has 5 heteroatoms. The zero-order valence-corrected chi connectivity index (χ0v) is 18.1. The van der Waals surface area contributed by atoms with Gasteiger partial charge in [0.2, 0.25) is 11.8 Å². The molecule has 5 nitrogen and oxygen atoms in total. The number of nitrogens with one attached hydrogen (secondary N) is 1. The van der Waals surface area contributed by atoms with Crippen molar-refractivity contribution in [2.45, 2.75) is 58.4 Å². The lowest BCUT2D eigenvalue weighted by Crippen LogP contribution is -2.58. The normalized spacial score (nSPS) is 19.5. The first kappa shape index (κ1) is 21.8. The molecule has 29 heavy (non-hydrogen) atoms. The van der Waals surface area contributed by atoms with Crippen LogP contribution in [0.15, 0.2) is 30.3 Å². The van der Waals surface area contributed by atoms with Gasteiger partial charge in [0.15, 0.2) is 0 Å². The van der Waals surface area contributed by atoms with Crippen molar-refractivity contribution in [2.24, 2.45) is 11.8 Å². The van der Waals surface area contributed by atoms with Crippen molar-refractivity contribution in [3.63, 3.8) is 0 Å². The van der Waals surface area contributed by atoms with Gasteiger partial charge in [-0.05, 0) is 36.7 Å². The maximum Gasteiger partial charge on any atom is 0.237 e. The van der Waals surface area contributed by atoms with E-state index < -0.39 is 0 Å². The van der Waals surface area contributed by atoms with Gasteiger partial charge in [0.1, 0.15) is 0 Å². The third-order valence-electron chi connectivity index (χ3n) is 6.33. The Hall–Kier alpha value is -1.88. The number of hydrogen-bond acceptors (Lipinski definition) is 3. The van der Waals surface area contributed by atoms with Crippen LogP contribution < -0.4 is 5.32 Å². The Bertz CT molecular complexity index is 647. The SMILES string of the molecule is CC(C)CNC(=O)C(C1CCCC1)N1CCN(C(=O)CCc2ccccc2)CC1. The Balaban J connectivity index is 1.52. The van der Waals surface area contributed by atoms with Crippen LogP contribution in [0.25, 0.3) is 0 Å². The van der Waals surface area contributed by atoms with E-state index in [0.29, 0.717) is 18.3 Å². The van der Waals surface area contributed by atoms with Crippen LogP contribution in [0.4, 0.5) is 0 Å². The second kappa shape index (κ2) is 10.8. The minimum atomic E-state index is -0.0298. The summed E-state index contributed by atoms with van der Waals surface area (Å²) in [6.45, 7) is 8.05. The number of nitrogens with zero attached hydrogens (tertiary/aromatic N) is 2. The number of piperazine rings is 1. The highest BCUT2D eigenvalue weighted by Gasteiger charge is 2.37. The molecule has 0 spiro atoms. The number of carbonyl (C=O) groups is 2. The van der Waals surface area contributed by atoms with Gasteiger partial charge in [-0.3, -0.25) is 14.5 Å². The summed E-state index contributed by atoms with van der Waals surface area (Å²) in [5, 5.41) is 3.17. The molecule has 1 aliphatic carbocycles. The molecule has 0 bridgehead atoms. The summed E-state index contributed by atoms with van der Waals surface area (Å²) >= 11 is 0. The van der Waals surface area contributed by atoms with Crippen LogP contribution >= 0.6 is 0 Å². The fraction of sp³-hybridized carbons (Fsp3) is 0.667. The van der Waals surface area contributed by atoms with Crippen molar-refractivity contribution in [1.29, 1.82) is 0 Å². The molecule has 2 fully saturated rings. The van der Waals surface area contributed by atoms with Crippen LogP contribution in [-0.4, -0.2) is 60.4 Å². The number of rotatable bonds is 8. The molecule has 1 saturated heterocycles. The van der Waals surface area contributed by atoms with Crippen LogP contribution in [0.5, 0.6) is 0 Å². The van der Waals surface area contributed by atoms with Gasteiger partial charge in [-0.2, -0.15) is 0 Å². The van der Waals surface area contributed by atoms with Crippen molar-refractivity contribution in [3.05, 3.63) is 35.9 Å². The fourth-order valence-corrected chi connectivity index (χ4v) is 4.66. The predicted octanol–water partition coefficient (Wildman–Crippen LogP) is 3.09. The van der Waals surface area contributed by atoms with Crippen molar-refractivity contribution in [2.75, 3.05) is 32.7 Å². The zero-order chi connectivity index (χ0) is 20.6. The van der Waals surface area contributed by atoms with Gasteiger partial charge in [0, 0.05) is 39.1 Å². The van der Waals surface area contributed by atoms with E-state index in [1.165, 1.54) is 18.4 Å². The van der Waals surface area contributed by atoms with E-state index in [0.717, 1.165) is 52.0 Å². The van der Waals surface area contributed by atoms with Crippen molar-refractivity contribution in [1.82, 2.24) is 15.1 Å². The highest BCUT2D eigenvalue weighted by atomic mass is 16.2. The maximum atomic E-state index is 13.0. The largest absolute Gasteiger partial charge is 0.354 e. The Morgan fingerprint density at radius 2 is 1.69 bits per heavy atom. The van der Waals surface area contributed by atoms with Gasteiger partial charge >= 0.3 is 0 Å². The molecule has 2 amide bonds. The minimum absolute atomic E-state index is 0.0298. The Kier molecular flexibility index (Phi) is 8.10. The van der Waals surface area contributed by atoms with Crippen LogP contribution in [0.2, 0.25) is 0 Å². The van der Waals surface area contributed by atoms with Gasteiger partial charge in [-0.25, -0.2) is 0 Å². The molecule has 1 heterocycles. The summed E-state index contributed by atoms with van der Waals surface area (Å²) in [5.74, 6) is 1.34. The molecule has 3 rings (SSSR count). The molecule has 2 aliphatic rings. The molecule has 160 valence electrons. The number of carbonyl (C=O) groups excluding carboxylic acids is 2. The molecule has 1 saturated carbocycles. The summed E-state index contributed by atoms with van der Waals surface area (Å²) in [7, 11) is 0. The second-order valence-electron chi connectivity index (χ2n) is 9.03. The lowest BCUT2D eigenvalue weighted by atomic mass is 9.94. The lowest BCUT2D eigenvalue weighted by Gasteiger charge is -2.41. The van der Waals surface area contributed by atoms with Crippen molar-refractivity contribution in [3.8, 4) is 0 Å². The van der Waals surface area contributed by atoms with E-state index >= 15 is 0 Å². The third kappa shape index (κ3) is 6.30. The van der Waals surface area contributed by atoms with E-state index in [2.05, 4.69) is 36.2 Å². The summed E-state index contributed by atoms with van der Waals surface area (Å²) < 4.78 is 0. The van der Waals surface area contributed by atoms with E-state index in [1.807, 2.05) is 23.1 Å². The number of hydrogen-bond donors (Lipinski definition) is 1. The highest BCUT2D eigenvalue weighted by molar-refractivity contribution is 5.82. The smallest absolute Gasteiger partial charge is 0.237 e. The molecular formula is C24H37N3O2. The molecule has 1 N–H and O–H groups in total. The van der Waals surface area contributed by atoms with Crippen molar-refractivity contribution >= 4 is 11.8 Å². The zero-order valence-electron chi connectivity index (χ0n) is 18.1. The van der Waals surface area contributed by atoms with Crippen LogP contribution in [0, 0.1) is 11.8 Å². The molecule has 1 aromatic carbocycles. The minimum Gasteiger partial charge on any atom is -0.354 e. The quantitative estimate of drug-likeness (QED) is 0.731. The number of aryl methyl sites for hydroxylation is 1. The summed E-state index contributed by atoms with van der Waals surface area (Å²) in [6.07, 6.45) is 6.12. The van der Waals surface area contributed by atoms with Crippen LogP contribution in [0.1, 0.15) is 51.5 Å². The van der Waals surface area contributed by atoms with Gasteiger partial charge in [0.25, 0.3) is 0 Å². The first-order valence-corrected chi connectivity index (χ1v) is 11.4. The molecule has 1 unspecified atom stereocenters. The second-order valence-corrected chi connectivity index (χ2v) is 9.03. The Morgan fingerprint density at radius 1 is 1.03 bits per heavy atom. The fourth-order valence-electron chi connectivity index (χ4n) is 4.66. The molecule has 1 aliphatic heterocycles. The number of benzene rings is 1. The van der Waals surface area contributed by atoms with Gasteiger partial charge in [-0.1, -0.05) is 57.0 Å².